The van der Waals surface area contributed by atoms with Gasteiger partial charge in [-0.25, -0.2) is 9.97 Å². The van der Waals surface area contributed by atoms with Gasteiger partial charge in [0.25, 0.3) is 0 Å². The number of rotatable bonds is 2. The van der Waals surface area contributed by atoms with Crippen molar-refractivity contribution in [2.45, 2.75) is 56.9 Å². The first-order valence-electron chi connectivity index (χ1n) is 9.48. The van der Waals surface area contributed by atoms with E-state index in [9.17, 15) is 13.2 Å². The fourth-order valence-corrected chi connectivity index (χ4v) is 4.33. The Labute approximate surface area is 162 Å². The molecule has 1 spiro atoms. The zero-order chi connectivity index (χ0) is 20.0. The van der Waals surface area contributed by atoms with E-state index in [1.54, 1.807) is 12.1 Å². The molecule has 0 radical (unpaired) electrons. The zero-order valence-electron chi connectivity index (χ0n) is 16.0. The summed E-state index contributed by atoms with van der Waals surface area (Å²) in [5, 5.41) is 0. The van der Waals surface area contributed by atoms with Crippen LogP contribution < -0.4 is 4.90 Å². The standard InChI is InChI=1S/C20H23F3N4O/c1-18(2)12-27(13-19(28-18)7-3-4-8-19)16-11-15(20(21,22)23)25-17(26-16)14-5-9-24-10-6-14/h5-6,9-11H,3-4,7-8,12-13H2,1-2H3. The highest BCUT2D eigenvalue weighted by molar-refractivity contribution is 5.58. The van der Waals surface area contributed by atoms with Crippen LogP contribution in [0, 0.1) is 0 Å². The summed E-state index contributed by atoms with van der Waals surface area (Å²) < 4.78 is 47.0. The summed E-state index contributed by atoms with van der Waals surface area (Å²) in [5.41, 5.74) is -1.22. The van der Waals surface area contributed by atoms with E-state index in [0.717, 1.165) is 31.7 Å². The molecule has 8 heteroatoms. The molecule has 0 amide bonds. The molecule has 0 bridgehead atoms. The normalized spacial score (nSPS) is 21.2. The highest BCUT2D eigenvalue weighted by atomic mass is 19.4. The smallest absolute Gasteiger partial charge is 0.365 e. The molecule has 2 aliphatic rings. The van der Waals surface area contributed by atoms with Crippen molar-refractivity contribution in [2.24, 2.45) is 0 Å². The van der Waals surface area contributed by atoms with E-state index in [0.29, 0.717) is 18.7 Å². The second kappa shape index (κ2) is 6.69. The Morgan fingerprint density at radius 3 is 2.36 bits per heavy atom. The fourth-order valence-electron chi connectivity index (χ4n) is 4.33. The molecule has 0 atom stereocenters. The van der Waals surface area contributed by atoms with Crippen LogP contribution in [0.1, 0.15) is 45.2 Å². The van der Waals surface area contributed by atoms with Gasteiger partial charge in [-0.2, -0.15) is 13.2 Å². The summed E-state index contributed by atoms with van der Waals surface area (Å²) >= 11 is 0. The molecule has 5 nitrogen and oxygen atoms in total. The van der Waals surface area contributed by atoms with E-state index in [2.05, 4.69) is 15.0 Å². The van der Waals surface area contributed by atoms with E-state index >= 15 is 0 Å². The van der Waals surface area contributed by atoms with Gasteiger partial charge in [-0.1, -0.05) is 12.8 Å². The molecule has 0 unspecified atom stereocenters. The van der Waals surface area contributed by atoms with Crippen molar-refractivity contribution in [1.82, 2.24) is 15.0 Å². The molecule has 1 aliphatic carbocycles. The van der Waals surface area contributed by atoms with Gasteiger partial charge in [0, 0.05) is 37.1 Å². The third-order valence-electron chi connectivity index (χ3n) is 5.32. The number of ether oxygens (including phenoxy) is 1. The third kappa shape index (κ3) is 3.83. The predicted octanol–water partition coefficient (Wildman–Crippen LogP) is 4.49. The second-order valence-corrected chi connectivity index (χ2v) is 8.28. The van der Waals surface area contributed by atoms with E-state index in [-0.39, 0.29) is 17.2 Å². The Balaban J connectivity index is 1.77. The van der Waals surface area contributed by atoms with E-state index < -0.39 is 17.5 Å². The van der Waals surface area contributed by atoms with Crippen LogP contribution in [0.25, 0.3) is 11.4 Å². The summed E-state index contributed by atoms with van der Waals surface area (Å²) in [7, 11) is 0. The molecule has 28 heavy (non-hydrogen) atoms. The van der Waals surface area contributed by atoms with Crippen molar-refractivity contribution in [1.29, 1.82) is 0 Å². The summed E-state index contributed by atoms with van der Waals surface area (Å²) in [6.07, 6.45) is 2.47. The maximum atomic E-state index is 13.5. The lowest BCUT2D eigenvalue weighted by Gasteiger charge is -2.49. The number of halogens is 3. The van der Waals surface area contributed by atoms with Crippen molar-refractivity contribution in [2.75, 3.05) is 18.0 Å². The Kier molecular flexibility index (Phi) is 4.56. The van der Waals surface area contributed by atoms with Crippen LogP contribution in [0.15, 0.2) is 30.6 Å². The highest BCUT2D eigenvalue weighted by Gasteiger charge is 2.46. The lowest BCUT2D eigenvalue weighted by Crippen LogP contribution is -2.59. The third-order valence-corrected chi connectivity index (χ3v) is 5.32. The van der Waals surface area contributed by atoms with Crippen LogP contribution >= 0.6 is 0 Å². The van der Waals surface area contributed by atoms with Gasteiger partial charge in [-0.3, -0.25) is 4.98 Å². The Bertz CT molecular complexity index is 848. The number of aromatic nitrogens is 3. The van der Waals surface area contributed by atoms with Crippen molar-refractivity contribution in [3.8, 4) is 11.4 Å². The maximum Gasteiger partial charge on any atom is 0.433 e. The first kappa shape index (κ1) is 19.1. The minimum atomic E-state index is -4.55. The lowest BCUT2D eigenvalue weighted by atomic mass is 9.94. The van der Waals surface area contributed by atoms with Gasteiger partial charge >= 0.3 is 6.18 Å². The molecule has 4 rings (SSSR count). The average Bonchev–Trinajstić information content (AvgIpc) is 3.07. The molecular weight excluding hydrogens is 369 g/mol. The first-order valence-corrected chi connectivity index (χ1v) is 9.48. The van der Waals surface area contributed by atoms with Gasteiger partial charge in [-0.05, 0) is 38.8 Å². The van der Waals surface area contributed by atoms with Crippen molar-refractivity contribution in [3.63, 3.8) is 0 Å². The summed E-state index contributed by atoms with van der Waals surface area (Å²) in [5.74, 6) is 0.341. The van der Waals surface area contributed by atoms with Crippen molar-refractivity contribution < 1.29 is 17.9 Å². The number of nitrogens with zero attached hydrogens (tertiary/aromatic N) is 4. The van der Waals surface area contributed by atoms with Crippen LogP contribution in [-0.4, -0.2) is 39.2 Å². The van der Waals surface area contributed by atoms with E-state index in [1.165, 1.54) is 12.4 Å². The van der Waals surface area contributed by atoms with Crippen LogP contribution in [0.3, 0.4) is 0 Å². The van der Waals surface area contributed by atoms with Crippen LogP contribution in [0.4, 0.5) is 19.0 Å². The topological polar surface area (TPSA) is 51.1 Å². The minimum absolute atomic E-state index is 0.0528. The predicted molar refractivity (Wildman–Crippen MR) is 98.8 cm³/mol. The number of pyridine rings is 1. The van der Waals surface area contributed by atoms with Crippen molar-refractivity contribution in [3.05, 3.63) is 36.3 Å². The van der Waals surface area contributed by atoms with Crippen LogP contribution in [-0.2, 0) is 10.9 Å². The Morgan fingerprint density at radius 2 is 1.71 bits per heavy atom. The van der Waals surface area contributed by atoms with Gasteiger partial charge in [0.15, 0.2) is 11.5 Å². The Morgan fingerprint density at radius 1 is 1.04 bits per heavy atom. The van der Waals surface area contributed by atoms with Crippen LogP contribution in [0.5, 0.6) is 0 Å². The molecule has 1 aliphatic heterocycles. The number of hydrogen-bond acceptors (Lipinski definition) is 5. The minimum Gasteiger partial charge on any atom is -0.365 e. The summed E-state index contributed by atoms with van der Waals surface area (Å²) in [6, 6.07) is 4.27. The van der Waals surface area contributed by atoms with E-state index in [1.807, 2.05) is 18.7 Å². The molecule has 2 aromatic heterocycles. The quantitative estimate of drug-likeness (QED) is 0.754. The molecule has 0 aromatic carbocycles. The Hall–Kier alpha value is -2.22. The number of hydrogen-bond donors (Lipinski definition) is 0. The second-order valence-electron chi connectivity index (χ2n) is 8.28. The number of morpholine rings is 1. The molecule has 1 saturated carbocycles. The van der Waals surface area contributed by atoms with Gasteiger partial charge in [0.05, 0.1) is 11.2 Å². The lowest BCUT2D eigenvalue weighted by molar-refractivity contribution is -0.148. The maximum absolute atomic E-state index is 13.5. The number of anilines is 1. The SMILES string of the molecule is CC1(C)CN(c2cc(C(F)(F)F)nc(-c3ccncc3)n2)CC2(CCCC2)O1. The molecule has 3 heterocycles. The van der Waals surface area contributed by atoms with Gasteiger partial charge in [0.1, 0.15) is 5.82 Å². The summed E-state index contributed by atoms with van der Waals surface area (Å²) in [6.45, 7) is 4.98. The van der Waals surface area contributed by atoms with Gasteiger partial charge in [-0.15, -0.1) is 0 Å². The molecule has 0 N–H and O–H groups in total. The largest absolute Gasteiger partial charge is 0.433 e. The molecule has 150 valence electrons. The van der Waals surface area contributed by atoms with Crippen molar-refractivity contribution >= 4 is 5.82 Å². The number of alkyl halides is 3. The fraction of sp³-hybridized carbons (Fsp3) is 0.550. The molecule has 1 saturated heterocycles. The molecule has 2 fully saturated rings. The van der Waals surface area contributed by atoms with Crippen LogP contribution in [0.2, 0.25) is 0 Å². The summed E-state index contributed by atoms with van der Waals surface area (Å²) in [4.78, 5) is 14.1. The molecular formula is C20H23F3N4O. The highest BCUT2D eigenvalue weighted by Crippen LogP contribution is 2.42. The zero-order valence-corrected chi connectivity index (χ0v) is 16.0. The average molecular weight is 392 g/mol. The van der Waals surface area contributed by atoms with Gasteiger partial charge in [0.2, 0.25) is 0 Å². The van der Waals surface area contributed by atoms with E-state index in [4.69, 9.17) is 4.74 Å². The van der Waals surface area contributed by atoms with Gasteiger partial charge < -0.3 is 9.64 Å². The monoisotopic (exact) mass is 392 g/mol. The molecule has 2 aromatic rings. The first-order chi connectivity index (χ1) is 13.2.